The van der Waals surface area contributed by atoms with Gasteiger partial charge in [-0.2, -0.15) is 0 Å². The maximum absolute atomic E-state index is 10.1. The Hall–Kier alpha value is -1.05. The smallest absolute Gasteiger partial charge is 0.0651 e. The minimum Gasteiger partial charge on any atom is -0.0651 e. The molecule has 0 saturated carbocycles. The highest BCUT2D eigenvalue weighted by molar-refractivity contribution is 7.78. The third-order valence-corrected chi connectivity index (χ3v) is 2.36. The first-order valence-electron chi connectivity index (χ1n) is 4.63. The highest BCUT2D eigenvalue weighted by Crippen LogP contribution is 2.19. The topological polar surface area (TPSA) is 12.4 Å². The minimum atomic E-state index is 1.30. The monoisotopic (exact) mass is 209 g/mol. The Morgan fingerprint density at radius 1 is 1.14 bits per heavy atom. The second-order valence-corrected chi connectivity index (χ2v) is 3.33. The first-order valence-corrected chi connectivity index (χ1v) is 5.04. The van der Waals surface area contributed by atoms with Gasteiger partial charge in [-0.1, -0.05) is 28.7 Å². The Balaban J connectivity index is 0.000000213. The zero-order valence-corrected chi connectivity index (χ0v) is 8.69. The molecule has 0 heterocycles. The SMILES string of the molecule is FN=C=S.c1ccc2c(c1)CCCC2. The Kier molecular flexibility index (Phi) is 5.05. The Labute approximate surface area is 88.6 Å². The van der Waals surface area contributed by atoms with Crippen molar-refractivity contribution in [3.63, 3.8) is 0 Å². The summed E-state index contributed by atoms with van der Waals surface area (Å²) >= 11 is 3.76. The van der Waals surface area contributed by atoms with E-state index < -0.39 is 0 Å². The molecular formula is C11H12FNS. The van der Waals surface area contributed by atoms with Gasteiger partial charge in [-0.15, -0.1) is 0 Å². The van der Waals surface area contributed by atoms with E-state index in [-0.39, 0.29) is 0 Å². The summed E-state index contributed by atoms with van der Waals surface area (Å²) in [5.74, 6) is 0. The van der Waals surface area contributed by atoms with Crippen LogP contribution in [0.5, 0.6) is 0 Å². The summed E-state index contributed by atoms with van der Waals surface area (Å²) in [4.78, 5) is 0. The van der Waals surface area contributed by atoms with Crippen LogP contribution in [0.2, 0.25) is 0 Å². The van der Waals surface area contributed by atoms with E-state index >= 15 is 0 Å². The lowest BCUT2D eigenvalue weighted by molar-refractivity contribution is 0.543. The molecule has 1 nitrogen and oxygen atoms in total. The lowest BCUT2D eigenvalue weighted by Gasteiger charge is -2.13. The van der Waals surface area contributed by atoms with Crippen molar-refractivity contribution in [2.24, 2.45) is 5.21 Å². The lowest BCUT2D eigenvalue weighted by Crippen LogP contribution is -2.00. The van der Waals surface area contributed by atoms with Crippen molar-refractivity contribution in [3.05, 3.63) is 35.4 Å². The summed E-state index contributed by atoms with van der Waals surface area (Å²) in [6.45, 7) is 0. The third kappa shape index (κ3) is 3.36. The maximum atomic E-state index is 10.1. The quantitative estimate of drug-likeness (QED) is 0.470. The van der Waals surface area contributed by atoms with E-state index in [1.807, 2.05) is 0 Å². The molecule has 0 spiro atoms. The number of benzene rings is 1. The second-order valence-electron chi connectivity index (χ2n) is 3.15. The van der Waals surface area contributed by atoms with E-state index in [2.05, 4.69) is 36.5 Å². The van der Waals surface area contributed by atoms with E-state index in [1.54, 1.807) is 16.3 Å². The standard InChI is InChI=1S/C10H12.CFNS/c1-2-6-10-8-4-3-7-9(10)5-1;2-3-1-4/h1-2,5-6H,3-4,7-8H2;. The predicted octanol–water partition coefficient (Wildman–Crippen LogP) is 3.54. The summed E-state index contributed by atoms with van der Waals surface area (Å²) in [6, 6.07) is 8.80. The van der Waals surface area contributed by atoms with Crippen LogP contribution in [0, 0.1) is 0 Å². The van der Waals surface area contributed by atoms with Gasteiger partial charge in [0.1, 0.15) is 0 Å². The van der Waals surface area contributed by atoms with Crippen LogP contribution in [0.4, 0.5) is 4.48 Å². The van der Waals surface area contributed by atoms with Crippen LogP contribution < -0.4 is 0 Å². The van der Waals surface area contributed by atoms with E-state index in [4.69, 9.17) is 0 Å². The molecule has 74 valence electrons. The van der Waals surface area contributed by atoms with Crippen molar-refractivity contribution in [3.8, 4) is 0 Å². The molecule has 2 rings (SSSR count). The zero-order chi connectivity index (χ0) is 10.2. The normalized spacial score (nSPS) is 12.9. The summed E-state index contributed by atoms with van der Waals surface area (Å²) in [5, 5.41) is 3.27. The number of rotatable bonds is 0. The Bertz CT molecular complexity index is 307. The molecule has 0 radical (unpaired) electrons. The van der Waals surface area contributed by atoms with Gasteiger partial charge in [0.05, 0.1) is 5.16 Å². The number of nitrogens with zero attached hydrogens (tertiary/aromatic N) is 1. The summed E-state index contributed by atoms with van der Waals surface area (Å²) in [6.07, 6.45) is 5.38. The van der Waals surface area contributed by atoms with Crippen molar-refractivity contribution in [1.82, 2.24) is 0 Å². The molecule has 0 unspecified atom stereocenters. The highest BCUT2D eigenvalue weighted by Gasteiger charge is 2.05. The highest BCUT2D eigenvalue weighted by atomic mass is 32.1. The van der Waals surface area contributed by atoms with Gasteiger partial charge >= 0.3 is 0 Å². The van der Waals surface area contributed by atoms with Crippen LogP contribution in [-0.2, 0) is 12.8 Å². The van der Waals surface area contributed by atoms with Crippen LogP contribution in [0.3, 0.4) is 0 Å². The molecule has 0 fully saturated rings. The van der Waals surface area contributed by atoms with Crippen molar-refractivity contribution in [2.75, 3.05) is 0 Å². The number of thiocarbonyl (C=S) groups is 1. The van der Waals surface area contributed by atoms with Crippen molar-refractivity contribution in [2.45, 2.75) is 25.7 Å². The fraction of sp³-hybridized carbons (Fsp3) is 0.364. The summed E-state index contributed by atoms with van der Waals surface area (Å²) in [5.41, 5.74) is 3.16. The number of aryl methyl sites for hydroxylation is 2. The van der Waals surface area contributed by atoms with Gasteiger partial charge in [0.2, 0.25) is 0 Å². The first kappa shape index (κ1) is 11.0. The average molecular weight is 209 g/mol. The van der Waals surface area contributed by atoms with E-state index in [0.717, 1.165) is 0 Å². The number of isothiocyanates is 1. The second kappa shape index (κ2) is 6.41. The fourth-order valence-electron chi connectivity index (χ4n) is 1.68. The molecular weight excluding hydrogens is 197 g/mol. The molecule has 0 aliphatic heterocycles. The summed E-state index contributed by atoms with van der Waals surface area (Å²) in [7, 11) is 0. The molecule has 14 heavy (non-hydrogen) atoms. The maximum Gasteiger partial charge on any atom is 0.0979 e. The molecule has 1 aliphatic carbocycles. The fourth-order valence-corrected chi connectivity index (χ4v) is 1.68. The van der Waals surface area contributed by atoms with E-state index in [9.17, 15) is 4.48 Å². The van der Waals surface area contributed by atoms with Gasteiger partial charge < -0.3 is 0 Å². The van der Waals surface area contributed by atoms with Crippen LogP contribution in [0.25, 0.3) is 0 Å². The summed E-state index contributed by atoms with van der Waals surface area (Å²) < 4.78 is 10.1. The first-order chi connectivity index (χ1) is 6.88. The number of halogens is 1. The largest absolute Gasteiger partial charge is 0.0979 e. The van der Waals surface area contributed by atoms with Crippen LogP contribution in [-0.4, -0.2) is 5.16 Å². The molecule has 0 aromatic heterocycles. The lowest BCUT2D eigenvalue weighted by atomic mass is 9.92. The van der Waals surface area contributed by atoms with Gasteiger partial charge in [-0.05, 0) is 54.2 Å². The third-order valence-electron chi connectivity index (χ3n) is 2.30. The molecule has 0 amide bonds. The van der Waals surface area contributed by atoms with Crippen molar-refractivity contribution >= 4 is 17.4 Å². The van der Waals surface area contributed by atoms with Crippen LogP contribution in [0.1, 0.15) is 24.0 Å². The predicted molar refractivity (Wildman–Crippen MR) is 59.2 cm³/mol. The average Bonchev–Trinajstić information content (AvgIpc) is 2.30. The van der Waals surface area contributed by atoms with Gasteiger partial charge in [-0.3, -0.25) is 0 Å². The van der Waals surface area contributed by atoms with E-state index in [1.165, 1.54) is 30.8 Å². The molecule has 1 aromatic rings. The minimum absolute atomic E-state index is 1.30. The van der Waals surface area contributed by atoms with Crippen molar-refractivity contribution < 1.29 is 4.48 Å². The molecule has 0 bridgehead atoms. The zero-order valence-electron chi connectivity index (χ0n) is 7.87. The van der Waals surface area contributed by atoms with E-state index in [0.29, 0.717) is 0 Å². The van der Waals surface area contributed by atoms with Gasteiger partial charge in [-0.25, -0.2) is 0 Å². The van der Waals surface area contributed by atoms with Gasteiger partial charge in [0.25, 0.3) is 0 Å². The molecule has 0 N–H and O–H groups in total. The molecule has 0 atom stereocenters. The van der Waals surface area contributed by atoms with Gasteiger partial charge in [0, 0.05) is 0 Å². The molecule has 1 aliphatic rings. The number of fused-ring (bicyclic) bond motifs is 1. The molecule has 1 aromatic carbocycles. The Morgan fingerprint density at radius 2 is 1.57 bits per heavy atom. The van der Waals surface area contributed by atoms with Crippen LogP contribution in [0.15, 0.2) is 29.5 Å². The van der Waals surface area contributed by atoms with Gasteiger partial charge in [0.15, 0.2) is 0 Å². The Morgan fingerprint density at radius 3 is 1.93 bits per heavy atom. The number of hydrogen-bond acceptors (Lipinski definition) is 2. The molecule has 0 saturated heterocycles. The number of hydrogen-bond donors (Lipinski definition) is 0. The molecule has 3 heteroatoms. The van der Waals surface area contributed by atoms with Crippen LogP contribution >= 0.6 is 12.2 Å². The van der Waals surface area contributed by atoms with Crippen molar-refractivity contribution in [1.29, 1.82) is 0 Å².